The molecular formula is C20H22F3N3O. The van der Waals surface area contributed by atoms with Gasteiger partial charge in [0.1, 0.15) is 5.75 Å². The Morgan fingerprint density at radius 2 is 1.81 bits per heavy atom. The van der Waals surface area contributed by atoms with Crippen molar-refractivity contribution in [1.29, 1.82) is 0 Å². The third-order valence-electron chi connectivity index (χ3n) is 5.34. The second kappa shape index (κ2) is 7.03. The fraction of sp³-hybridized carbons (Fsp3) is 0.450. The third-order valence-corrected chi connectivity index (χ3v) is 5.34. The molecule has 0 bridgehead atoms. The lowest BCUT2D eigenvalue weighted by Gasteiger charge is -2.27. The van der Waals surface area contributed by atoms with Gasteiger partial charge in [0.15, 0.2) is 5.69 Å². The molecule has 1 aliphatic rings. The number of ether oxygens (including phenoxy) is 1. The van der Waals surface area contributed by atoms with Gasteiger partial charge in [0, 0.05) is 36.1 Å². The van der Waals surface area contributed by atoms with Gasteiger partial charge in [0.25, 0.3) is 0 Å². The summed E-state index contributed by atoms with van der Waals surface area (Å²) in [4.78, 5) is 6.01. The molecule has 0 amide bonds. The Morgan fingerprint density at radius 3 is 2.52 bits per heavy atom. The smallest absolute Gasteiger partial charge is 0.435 e. The summed E-state index contributed by atoms with van der Waals surface area (Å²) in [6.07, 6.45) is 0.266. The maximum atomic E-state index is 13.7. The predicted octanol–water partition coefficient (Wildman–Crippen LogP) is 4.70. The number of pyridine rings is 1. The molecule has 2 aromatic heterocycles. The molecule has 0 saturated carbocycles. The average molecular weight is 377 g/mol. The number of hydrogen-bond donors (Lipinski definition) is 0. The van der Waals surface area contributed by atoms with E-state index in [1.54, 1.807) is 23.8 Å². The quantitative estimate of drug-likeness (QED) is 0.660. The molecule has 4 nitrogen and oxygen atoms in total. The van der Waals surface area contributed by atoms with E-state index in [1.807, 2.05) is 12.1 Å². The SMILES string of the molecule is COc1ccc2c3ccnc(C(F)(F)F)c3n(CCN3CCCCC3)c2c1. The molecule has 0 aliphatic carbocycles. The summed E-state index contributed by atoms with van der Waals surface area (Å²) < 4.78 is 48.0. The minimum atomic E-state index is -4.50. The molecule has 1 aliphatic heterocycles. The predicted molar refractivity (Wildman–Crippen MR) is 99.1 cm³/mol. The van der Waals surface area contributed by atoms with E-state index in [9.17, 15) is 13.2 Å². The zero-order valence-electron chi connectivity index (χ0n) is 15.2. The summed E-state index contributed by atoms with van der Waals surface area (Å²) in [6, 6.07) is 7.08. The van der Waals surface area contributed by atoms with Crippen molar-refractivity contribution in [2.75, 3.05) is 26.7 Å². The molecule has 1 saturated heterocycles. The lowest BCUT2D eigenvalue weighted by atomic mass is 10.1. The molecule has 144 valence electrons. The Kier molecular flexibility index (Phi) is 4.72. The number of aromatic nitrogens is 2. The van der Waals surface area contributed by atoms with Crippen molar-refractivity contribution in [2.45, 2.75) is 32.0 Å². The van der Waals surface area contributed by atoms with Crippen LogP contribution in [0.5, 0.6) is 5.75 Å². The van der Waals surface area contributed by atoms with Gasteiger partial charge in [-0.2, -0.15) is 13.2 Å². The van der Waals surface area contributed by atoms with Crippen LogP contribution in [0, 0.1) is 0 Å². The van der Waals surface area contributed by atoms with Gasteiger partial charge in [-0.05, 0) is 44.1 Å². The fourth-order valence-electron chi connectivity index (χ4n) is 4.02. The number of nitrogens with zero attached hydrogens (tertiary/aromatic N) is 3. The summed E-state index contributed by atoms with van der Waals surface area (Å²) in [5.41, 5.74) is 0.0823. The van der Waals surface area contributed by atoms with Gasteiger partial charge in [-0.25, -0.2) is 4.98 Å². The van der Waals surface area contributed by atoms with Crippen LogP contribution in [0.1, 0.15) is 25.0 Å². The Hall–Kier alpha value is -2.28. The summed E-state index contributed by atoms with van der Waals surface area (Å²) in [5, 5.41) is 1.37. The summed E-state index contributed by atoms with van der Waals surface area (Å²) in [6.45, 7) is 3.22. The lowest BCUT2D eigenvalue weighted by Crippen LogP contribution is -2.32. The molecule has 1 aromatic carbocycles. The van der Waals surface area contributed by atoms with Crippen LogP contribution >= 0.6 is 0 Å². The Morgan fingerprint density at radius 1 is 1.04 bits per heavy atom. The van der Waals surface area contributed by atoms with E-state index in [0.29, 0.717) is 17.7 Å². The van der Waals surface area contributed by atoms with Crippen LogP contribution in [0.25, 0.3) is 21.8 Å². The van der Waals surface area contributed by atoms with Crippen molar-refractivity contribution in [3.63, 3.8) is 0 Å². The first kappa shape index (κ1) is 18.1. The van der Waals surface area contributed by atoms with E-state index in [4.69, 9.17) is 4.74 Å². The van der Waals surface area contributed by atoms with Crippen LogP contribution in [0.2, 0.25) is 0 Å². The lowest BCUT2D eigenvalue weighted by molar-refractivity contribution is -0.140. The molecule has 7 heteroatoms. The van der Waals surface area contributed by atoms with Crippen LogP contribution in [0.3, 0.4) is 0 Å². The first-order chi connectivity index (χ1) is 13.0. The van der Waals surface area contributed by atoms with Crippen LogP contribution < -0.4 is 4.74 Å². The second-order valence-corrected chi connectivity index (χ2v) is 6.99. The number of alkyl halides is 3. The van der Waals surface area contributed by atoms with E-state index in [1.165, 1.54) is 12.6 Å². The number of fused-ring (bicyclic) bond motifs is 3. The fourth-order valence-corrected chi connectivity index (χ4v) is 4.02. The van der Waals surface area contributed by atoms with Crippen LogP contribution in [-0.2, 0) is 12.7 Å². The van der Waals surface area contributed by atoms with E-state index in [0.717, 1.165) is 43.4 Å². The average Bonchev–Trinajstić information content (AvgIpc) is 2.99. The molecule has 3 heterocycles. The number of methoxy groups -OCH3 is 1. The van der Waals surface area contributed by atoms with Gasteiger partial charge in [0.2, 0.25) is 0 Å². The number of benzene rings is 1. The van der Waals surface area contributed by atoms with Gasteiger partial charge in [-0.15, -0.1) is 0 Å². The minimum Gasteiger partial charge on any atom is -0.497 e. The van der Waals surface area contributed by atoms with Crippen molar-refractivity contribution in [3.05, 3.63) is 36.2 Å². The normalized spacial score (nSPS) is 16.3. The summed E-state index contributed by atoms with van der Waals surface area (Å²) >= 11 is 0. The van der Waals surface area contributed by atoms with Gasteiger partial charge in [-0.3, -0.25) is 0 Å². The van der Waals surface area contributed by atoms with E-state index < -0.39 is 11.9 Å². The van der Waals surface area contributed by atoms with Crippen LogP contribution in [0.15, 0.2) is 30.5 Å². The van der Waals surface area contributed by atoms with Crippen LogP contribution in [-0.4, -0.2) is 41.2 Å². The van der Waals surface area contributed by atoms with Crippen molar-refractivity contribution in [2.24, 2.45) is 0 Å². The van der Waals surface area contributed by atoms with Crippen molar-refractivity contribution >= 4 is 21.8 Å². The molecule has 0 atom stereocenters. The Labute approximate surface area is 155 Å². The maximum absolute atomic E-state index is 13.7. The molecule has 0 radical (unpaired) electrons. The second-order valence-electron chi connectivity index (χ2n) is 6.99. The number of piperidine rings is 1. The van der Waals surface area contributed by atoms with E-state index in [2.05, 4.69) is 9.88 Å². The highest BCUT2D eigenvalue weighted by atomic mass is 19.4. The summed E-state index contributed by atoms with van der Waals surface area (Å²) in [5.74, 6) is 0.631. The standard InChI is InChI=1S/C20H22F3N3O/c1-27-14-5-6-15-16-7-8-24-19(20(21,22)23)18(16)26(17(15)13-14)12-11-25-9-3-2-4-10-25/h5-8,13H,2-4,9-12H2,1H3. The molecule has 4 rings (SSSR count). The molecular weight excluding hydrogens is 355 g/mol. The largest absolute Gasteiger partial charge is 0.497 e. The van der Waals surface area contributed by atoms with Crippen molar-refractivity contribution < 1.29 is 17.9 Å². The van der Waals surface area contributed by atoms with Crippen LogP contribution in [0.4, 0.5) is 13.2 Å². The van der Waals surface area contributed by atoms with E-state index in [-0.39, 0.29) is 5.52 Å². The topological polar surface area (TPSA) is 30.3 Å². The zero-order valence-corrected chi connectivity index (χ0v) is 15.2. The van der Waals surface area contributed by atoms with Crippen molar-refractivity contribution in [1.82, 2.24) is 14.5 Å². The zero-order chi connectivity index (χ0) is 19.0. The van der Waals surface area contributed by atoms with Gasteiger partial charge in [0.05, 0.1) is 18.1 Å². The van der Waals surface area contributed by atoms with Gasteiger partial charge in [-0.1, -0.05) is 6.42 Å². The van der Waals surface area contributed by atoms with Gasteiger partial charge >= 0.3 is 6.18 Å². The Bertz CT molecular complexity index is 958. The molecule has 0 N–H and O–H groups in total. The molecule has 27 heavy (non-hydrogen) atoms. The molecule has 0 unspecified atom stereocenters. The number of hydrogen-bond acceptors (Lipinski definition) is 3. The van der Waals surface area contributed by atoms with Gasteiger partial charge < -0.3 is 14.2 Å². The molecule has 3 aromatic rings. The number of halogens is 3. The number of likely N-dealkylation sites (tertiary alicyclic amines) is 1. The monoisotopic (exact) mass is 377 g/mol. The first-order valence-corrected chi connectivity index (χ1v) is 9.23. The van der Waals surface area contributed by atoms with Crippen molar-refractivity contribution in [3.8, 4) is 5.75 Å². The van der Waals surface area contributed by atoms with E-state index >= 15 is 0 Å². The molecule has 1 fully saturated rings. The molecule has 0 spiro atoms. The highest BCUT2D eigenvalue weighted by Gasteiger charge is 2.36. The minimum absolute atomic E-state index is 0.158. The highest BCUT2D eigenvalue weighted by molar-refractivity contribution is 6.09. The Balaban J connectivity index is 1.88. The maximum Gasteiger partial charge on any atom is 0.435 e. The third kappa shape index (κ3) is 3.36. The highest BCUT2D eigenvalue weighted by Crippen LogP contribution is 2.38. The first-order valence-electron chi connectivity index (χ1n) is 9.23. The summed E-state index contributed by atoms with van der Waals surface area (Å²) in [7, 11) is 1.56. The number of rotatable bonds is 4.